The van der Waals surface area contributed by atoms with Crippen LogP contribution in [0.1, 0.15) is 33.6 Å². The summed E-state index contributed by atoms with van der Waals surface area (Å²) >= 11 is 6.54. The Hall–Kier alpha value is -3.66. The zero-order chi connectivity index (χ0) is 31.8. The fourth-order valence-corrected chi connectivity index (χ4v) is 7.58. The van der Waals surface area contributed by atoms with Crippen LogP contribution in [0.5, 0.6) is 5.75 Å². The normalized spacial score (nSPS) is 27.5. The van der Waals surface area contributed by atoms with E-state index in [4.69, 9.17) is 21.1 Å². The first-order valence-electron chi connectivity index (χ1n) is 15.0. The van der Waals surface area contributed by atoms with Crippen molar-refractivity contribution < 1.29 is 29.0 Å². The first-order chi connectivity index (χ1) is 21.1. The Morgan fingerprint density at radius 1 is 1.11 bits per heavy atom. The summed E-state index contributed by atoms with van der Waals surface area (Å²) in [6.07, 6.45) is 4.12. The van der Waals surface area contributed by atoms with Gasteiger partial charge < -0.3 is 29.3 Å². The first-order valence-corrected chi connectivity index (χ1v) is 15.4. The van der Waals surface area contributed by atoms with Crippen molar-refractivity contribution in [3.05, 3.63) is 78.9 Å². The number of fused-ring (bicyclic) bond motifs is 1. The minimum atomic E-state index is -1.27. The molecule has 0 aromatic heterocycles. The molecule has 1 N–H and O–H groups in total. The van der Waals surface area contributed by atoms with Crippen molar-refractivity contribution >= 4 is 40.7 Å². The summed E-state index contributed by atoms with van der Waals surface area (Å²) in [7, 11) is 0. The number of rotatable bonds is 12. The Kier molecular flexibility index (Phi) is 8.94. The second kappa shape index (κ2) is 12.4. The summed E-state index contributed by atoms with van der Waals surface area (Å²) in [6, 6.07) is 12.4. The van der Waals surface area contributed by atoms with Crippen LogP contribution in [0.3, 0.4) is 0 Å². The maximum atomic E-state index is 14.7. The molecule has 3 saturated heterocycles. The Balaban J connectivity index is 1.59. The number of halogens is 1. The molecule has 3 fully saturated rings. The SMILES string of the molecule is C=CCN(C(=O)[C@@H]1[C@H]2C(=O)N([C@H](C)CO)C(C(=O)N(CC=C)c3ccccc3Cl)C23CC[C@@]1(C)O3)c1ccc(OCC)cc1. The van der Waals surface area contributed by atoms with Gasteiger partial charge >= 0.3 is 0 Å². The van der Waals surface area contributed by atoms with Gasteiger partial charge in [0.1, 0.15) is 17.4 Å². The third-order valence-corrected chi connectivity index (χ3v) is 9.53. The maximum Gasteiger partial charge on any atom is 0.253 e. The Morgan fingerprint density at radius 3 is 2.39 bits per heavy atom. The van der Waals surface area contributed by atoms with Gasteiger partial charge in [-0.05, 0) is 70.0 Å². The van der Waals surface area contributed by atoms with E-state index in [1.165, 1.54) is 9.80 Å². The van der Waals surface area contributed by atoms with Crippen LogP contribution in [0.15, 0.2) is 73.8 Å². The number of ether oxygens (including phenoxy) is 2. The summed E-state index contributed by atoms with van der Waals surface area (Å²) in [5.74, 6) is -2.18. The van der Waals surface area contributed by atoms with E-state index in [0.29, 0.717) is 41.6 Å². The number of nitrogens with zero attached hydrogens (tertiary/aromatic N) is 3. The molecule has 234 valence electrons. The molecule has 2 aromatic carbocycles. The average Bonchev–Trinajstić information content (AvgIpc) is 3.59. The van der Waals surface area contributed by atoms with Gasteiger partial charge in [0.15, 0.2) is 0 Å². The van der Waals surface area contributed by atoms with Gasteiger partial charge in [0, 0.05) is 18.8 Å². The van der Waals surface area contributed by atoms with Crippen molar-refractivity contribution in [3.63, 3.8) is 0 Å². The number of aliphatic hydroxyl groups is 1. The van der Waals surface area contributed by atoms with E-state index in [2.05, 4.69) is 13.2 Å². The molecule has 6 atom stereocenters. The third-order valence-electron chi connectivity index (χ3n) is 9.21. The number of carbonyl (C=O) groups excluding carboxylic acids is 3. The van der Waals surface area contributed by atoms with E-state index in [0.717, 1.165) is 0 Å². The molecule has 44 heavy (non-hydrogen) atoms. The summed E-state index contributed by atoms with van der Waals surface area (Å²) in [5.41, 5.74) is -1.15. The minimum absolute atomic E-state index is 0.139. The van der Waals surface area contributed by atoms with Crippen molar-refractivity contribution in [2.24, 2.45) is 11.8 Å². The minimum Gasteiger partial charge on any atom is -0.494 e. The molecule has 0 saturated carbocycles. The molecule has 9 nitrogen and oxygen atoms in total. The van der Waals surface area contributed by atoms with Gasteiger partial charge in [0.25, 0.3) is 5.91 Å². The van der Waals surface area contributed by atoms with Gasteiger partial charge in [-0.1, -0.05) is 35.9 Å². The lowest BCUT2D eigenvalue weighted by atomic mass is 9.66. The van der Waals surface area contributed by atoms with E-state index in [9.17, 15) is 19.5 Å². The number of likely N-dealkylation sites (tertiary alicyclic amines) is 1. The van der Waals surface area contributed by atoms with Crippen molar-refractivity contribution in [2.45, 2.75) is 56.9 Å². The van der Waals surface area contributed by atoms with Crippen LogP contribution in [0.4, 0.5) is 11.4 Å². The molecule has 3 amide bonds. The molecular weight excluding hydrogens is 582 g/mol. The zero-order valence-electron chi connectivity index (χ0n) is 25.4. The quantitative estimate of drug-likeness (QED) is 0.347. The van der Waals surface area contributed by atoms with Gasteiger partial charge in [0.05, 0.1) is 47.4 Å². The Labute approximate surface area is 263 Å². The fraction of sp³-hybridized carbons (Fsp3) is 0.441. The molecule has 2 unspecified atom stereocenters. The molecule has 2 aromatic rings. The van der Waals surface area contributed by atoms with Crippen molar-refractivity contribution in [2.75, 3.05) is 36.1 Å². The summed E-state index contributed by atoms with van der Waals surface area (Å²) in [6.45, 7) is 13.6. The van der Waals surface area contributed by atoms with E-state index >= 15 is 0 Å². The van der Waals surface area contributed by atoms with Crippen molar-refractivity contribution in [1.82, 2.24) is 4.90 Å². The summed E-state index contributed by atoms with van der Waals surface area (Å²) in [5, 5.41) is 10.6. The van der Waals surface area contributed by atoms with Crippen LogP contribution in [-0.4, -0.2) is 77.3 Å². The van der Waals surface area contributed by atoms with E-state index in [1.807, 2.05) is 13.8 Å². The van der Waals surface area contributed by atoms with Crippen molar-refractivity contribution in [1.29, 1.82) is 0 Å². The molecule has 3 aliphatic heterocycles. The molecule has 10 heteroatoms. The van der Waals surface area contributed by atoms with Crippen LogP contribution in [-0.2, 0) is 19.1 Å². The Bertz CT molecular complexity index is 1450. The molecule has 3 heterocycles. The highest BCUT2D eigenvalue weighted by Gasteiger charge is 2.78. The number of anilines is 2. The summed E-state index contributed by atoms with van der Waals surface area (Å²) in [4.78, 5) is 48.2. The van der Waals surface area contributed by atoms with Crippen LogP contribution in [0, 0.1) is 11.8 Å². The number of hydrogen-bond acceptors (Lipinski definition) is 6. The second-order valence-electron chi connectivity index (χ2n) is 11.9. The number of amides is 3. The Morgan fingerprint density at radius 2 is 1.77 bits per heavy atom. The maximum absolute atomic E-state index is 14.7. The predicted molar refractivity (Wildman–Crippen MR) is 170 cm³/mol. The lowest BCUT2D eigenvalue weighted by Gasteiger charge is -2.38. The number of carbonyl (C=O) groups is 3. The largest absolute Gasteiger partial charge is 0.494 e. The molecule has 0 radical (unpaired) electrons. The second-order valence-corrected chi connectivity index (χ2v) is 12.3. The highest BCUT2D eigenvalue weighted by atomic mass is 35.5. The standard InChI is InChI=1S/C34H40ClN3O6/c1-6-19-36(23-13-15-24(16-14-23)43-8-3)30(40)27-28-31(41)38(22(4)21-39)29(34(28)18-17-33(27,5)44-34)32(42)37(20-7-2)26-12-10-9-11-25(26)35/h6-7,9-16,22,27-29,39H,1-2,8,17-21H2,3-5H3/t22-,27+,28+,29?,33-,34?/m1/s1. The van der Waals surface area contributed by atoms with Gasteiger partial charge in [-0.25, -0.2) is 0 Å². The molecule has 3 aliphatic rings. The first kappa shape index (κ1) is 31.8. The monoisotopic (exact) mass is 621 g/mol. The number of aliphatic hydroxyl groups excluding tert-OH is 1. The van der Waals surface area contributed by atoms with Gasteiger partial charge in [-0.15, -0.1) is 13.2 Å². The highest BCUT2D eigenvalue weighted by molar-refractivity contribution is 6.34. The topological polar surface area (TPSA) is 99.6 Å². The van der Waals surface area contributed by atoms with Gasteiger partial charge in [-0.2, -0.15) is 0 Å². The number of benzene rings is 2. The molecule has 2 bridgehead atoms. The van der Waals surface area contributed by atoms with Crippen LogP contribution in [0.2, 0.25) is 5.02 Å². The summed E-state index contributed by atoms with van der Waals surface area (Å²) < 4.78 is 12.4. The fourth-order valence-electron chi connectivity index (χ4n) is 7.34. The number of hydrogen-bond donors (Lipinski definition) is 1. The lowest BCUT2D eigenvalue weighted by Crippen LogP contribution is -2.58. The van der Waals surface area contributed by atoms with Crippen LogP contribution >= 0.6 is 11.6 Å². The molecule has 0 aliphatic carbocycles. The smallest absolute Gasteiger partial charge is 0.253 e. The third kappa shape index (κ3) is 5.01. The molecular formula is C34H40ClN3O6. The highest BCUT2D eigenvalue weighted by Crippen LogP contribution is 2.64. The van der Waals surface area contributed by atoms with E-state index in [-0.39, 0.29) is 31.5 Å². The number of para-hydroxylation sites is 1. The van der Waals surface area contributed by atoms with Crippen LogP contribution < -0.4 is 14.5 Å². The molecule has 1 spiro atoms. The van der Waals surface area contributed by atoms with Crippen LogP contribution in [0.25, 0.3) is 0 Å². The van der Waals surface area contributed by atoms with E-state index < -0.39 is 41.0 Å². The van der Waals surface area contributed by atoms with Gasteiger partial charge in [-0.3, -0.25) is 14.4 Å². The molecule has 5 rings (SSSR count). The van der Waals surface area contributed by atoms with Crippen molar-refractivity contribution in [3.8, 4) is 5.75 Å². The van der Waals surface area contributed by atoms with E-state index in [1.54, 1.807) is 72.5 Å². The lowest BCUT2D eigenvalue weighted by molar-refractivity contribution is -0.147. The predicted octanol–water partition coefficient (Wildman–Crippen LogP) is 4.62. The average molecular weight is 622 g/mol. The van der Waals surface area contributed by atoms with Gasteiger partial charge in [0.2, 0.25) is 11.8 Å². The zero-order valence-corrected chi connectivity index (χ0v) is 26.2.